The predicted molar refractivity (Wildman–Crippen MR) is 85.1 cm³/mol. The van der Waals surface area contributed by atoms with Crippen LogP contribution in [0, 0.1) is 18.6 Å². The summed E-state index contributed by atoms with van der Waals surface area (Å²) in [6.07, 6.45) is 0. The average Bonchev–Trinajstić information content (AvgIpc) is 2.46. The van der Waals surface area contributed by atoms with Gasteiger partial charge in [-0.25, -0.2) is 8.78 Å². The van der Waals surface area contributed by atoms with Gasteiger partial charge in [-0.2, -0.15) is 0 Å². The van der Waals surface area contributed by atoms with E-state index in [1.54, 1.807) is 20.0 Å². The van der Waals surface area contributed by atoms with Crippen LogP contribution in [0.15, 0.2) is 41.3 Å². The van der Waals surface area contributed by atoms with Gasteiger partial charge in [-0.1, -0.05) is 23.7 Å². The molecule has 1 nitrogen and oxygen atoms in total. The van der Waals surface area contributed by atoms with Crippen LogP contribution in [0.25, 0.3) is 0 Å². The Hall–Kier alpha value is -1.10. The molecule has 112 valence electrons. The van der Waals surface area contributed by atoms with Gasteiger partial charge in [0.05, 0.1) is 0 Å². The van der Waals surface area contributed by atoms with E-state index < -0.39 is 17.7 Å². The van der Waals surface area contributed by atoms with Crippen molar-refractivity contribution < 1.29 is 8.78 Å². The number of halogens is 3. The summed E-state index contributed by atoms with van der Waals surface area (Å²) in [6.45, 7) is 1.63. The first-order valence-electron chi connectivity index (χ1n) is 6.53. The molecule has 0 spiro atoms. The first-order valence-corrected chi connectivity index (χ1v) is 7.89. The molecule has 1 unspecified atom stereocenters. The zero-order valence-electron chi connectivity index (χ0n) is 11.8. The van der Waals surface area contributed by atoms with Crippen molar-refractivity contribution in [3.8, 4) is 0 Å². The van der Waals surface area contributed by atoms with Gasteiger partial charge in [-0.3, -0.25) is 0 Å². The Morgan fingerprint density at radius 2 is 2.00 bits per heavy atom. The smallest absolute Gasteiger partial charge is 0.133 e. The molecule has 2 aromatic rings. The summed E-state index contributed by atoms with van der Waals surface area (Å²) in [5.41, 5.74) is 0.534. The molecule has 0 amide bonds. The van der Waals surface area contributed by atoms with Crippen molar-refractivity contribution in [3.63, 3.8) is 0 Å². The molecule has 0 radical (unpaired) electrons. The number of benzene rings is 2. The van der Waals surface area contributed by atoms with Crippen molar-refractivity contribution in [3.05, 3.63) is 64.2 Å². The number of nitrogens with one attached hydrogen (secondary N) is 1. The molecule has 0 aromatic heterocycles. The standard InChI is InChI=1S/C16H16ClF2NS/c1-10-6-7-13(18)15(16(10)19)14(20-2)9-21-12-5-3-4-11(17)8-12/h3-8,14,20H,9H2,1-2H3. The number of hydrogen-bond acceptors (Lipinski definition) is 2. The highest BCUT2D eigenvalue weighted by molar-refractivity contribution is 7.99. The molecule has 0 aliphatic carbocycles. The highest BCUT2D eigenvalue weighted by Crippen LogP contribution is 2.29. The van der Waals surface area contributed by atoms with E-state index in [4.69, 9.17) is 11.6 Å². The Kier molecular flexibility index (Phi) is 5.62. The maximum Gasteiger partial charge on any atom is 0.133 e. The molecule has 5 heteroatoms. The molecular weight excluding hydrogens is 312 g/mol. The Labute approximate surface area is 132 Å². The monoisotopic (exact) mass is 327 g/mol. The van der Waals surface area contributed by atoms with Gasteiger partial charge < -0.3 is 5.32 Å². The fraction of sp³-hybridized carbons (Fsp3) is 0.250. The lowest BCUT2D eigenvalue weighted by Crippen LogP contribution is -2.22. The zero-order valence-corrected chi connectivity index (χ0v) is 13.4. The molecule has 0 saturated heterocycles. The van der Waals surface area contributed by atoms with E-state index in [0.717, 1.165) is 4.90 Å². The van der Waals surface area contributed by atoms with E-state index in [1.807, 2.05) is 18.2 Å². The van der Waals surface area contributed by atoms with Crippen molar-refractivity contribution in [2.45, 2.75) is 17.9 Å². The van der Waals surface area contributed by atoms with Crippen LogP contribution in [0.2, 0.25) is 5.02 Å². The fourth-order valence-corrected chi connectivity index (χ4v) is 3.38. The largest absolute Gasteiger partial charge is 0.312 e. The summed E-state index contributed by atoms with van der Waals surface area (Å²) in [5, 5.41) is 3.63. The van der Waals surface area contributed by atoms with Crippen LogP contribution < -0.4 is 5.32 Å². The van der Waals surface area contributed by atoms with Crippen molar-refractivity contribution in [1.29, 1.82) is 0 Å². The Bertz CT molecular complexity index is 634. The first-order chi connectivity index (χ1) is 10.0. The molecule has 0 heterocycles. The van der Waals surface area contributed by atoms with Crippen LogP contribution in [0.4, 0.5) is 8.78 Å². The van der Waals surface area contributed by atoms with Crippen LogP contribution in [0.5, 0.6) is 0 Å². The van der Waals surface area contributed by atoms with Gasteiger partial charge in [-0.15, -0.1) is 11.8 Å². The highest BCUT2D eigenvalue weighted by Gasteiger charge is 2.20. The number of rotatable bonds is 5. The molecule has 21 heavy (non-hydrogen) atoms. The third-order valence-electron chi connectivity index (χ3n) is 3.23. The second kappa shape index (κ2) is 7.25. The molecule has 1 atom stereocenters. The van der Waals surface area contributed by atoms with Crippen LogP contribution >= 0.6 is 23.4 Å². The Balaban J connectivity index is 2.19. The predicted octanol–water partition coefficient (Wildman–Crippen LogP) is 4.98. The van der Waals surface area contributed by atoms with E-state index in [9.17, 15) is 8.78 Å². The highest BCUT2D eigenvalue weighted by atomic mass is 35.5. The lowest BCUT2D eigenvalue weighted by Gasteiger charge is -2.18. The Morgan fingerprint density at radius 3 is 2.67 bits per heavy atom. The second-order valence-corrected chi connectivity index (χ2v) is 6.23. The fourth-order valence-electron chi connectivity index (χ4n) is 2.05. The Morgan fingerprint density at radius 1 is 1.24 bits per heavy atom. The van der Waals surface area contributed by atoms with Crippen molar-refractivity contribution in [1.82, 2.24) is 5.32 Å². The maximum absolute atomic E-state index is 14.2. The first kappa shape index (κ1) is 16.3. The summed E-state index contributed by atoms with van der Waals surface area (Å²) in [4.78, 5) is 0.969. The van der Waals surface area contributed by atoms with Gasteiger partial charge >= 0.3 is 0 Å². The summed E-state index contributed by atoms with van der Waals surface area (Å²) >= 11 is 7.44. The molecule has 0 bridgehead atoms. The molecular formula is C16H16ClF2NS. The van der Waals surface area contributed by atoms with Gasteiger partial charge in [0.1, 0.15) is 11.6 Å². The van der Waals surface area contributed by atoms with Crippen LogP contribution in [0.3, 0.4) is 0 Å². The van der Waals surface area contributed by atoms with E-state index in [1.165, 1.54) is 23.9 Å². The number of hydrogen-bond donors (Lipinski definition) is 1. The maximum atomic E-state index is 14.2. The quantitative estimate of drug-likeness (QED) is 0.777. The molecule has 2 rings (SSSR count). The summed E-state index contributed by atoms with van der Waals surface area (Å²) in [5.74, 6) is -0.501. The topological polar surface area (TPSA) is 12.0 Å². The zero-order chi connectivity index (χ0) is 15.4. The normalized spacial score (nSPS) is 12.4. The third kappa shape index (κ3) is 3.96. The minimum Gasteiger partial charge on any atom is -0.312 e. The lowest BCUT2D eigenvalue weighted by atomic mass is 10.0. The second-order valence-electron chi connectivity index (χ2n) is 4.70. The number of thioether (sulfide) groups is 1. The van der Waals surface area contributed by atoms with E-state index in [-0.39, 0.29) is 5.56 Å². The van der Waals surface area contributed by atoms with E-state index in [0.29, 0.717) is 16.3 Å². The van der Waals surface area contributed by atoms with Crippen LogP contribution in [0.1, 0.15) is 17.2 Å². The van der Waals surface area contributed by atoms with E-state index in [2.05, 4.69) is 5.32 Å². The summed E-state index contributed by atoms with van der Waals surface area (Å²) < 4.78 is 28.1. The van der Waals surface area contributed by atoms with Gasteiger partial charge in [-0.05, 0) is 43.8 Å². The van der Waals surface area contributed by atoms with Crippen molar-refractivity contribution in [2.75, 3.05) is 12.8 Å². The van der Waals surface area contributed by atoms with Gasteiger partial charge in [0.2, 0.25) is 0 Å². The van der Waals surface area contributed by atoms with E-state index >= 15 is 0 Å². The number of aryl methyl sites for hydroxylation is 1. The molecule has 0 aliphatic heterocycles. The molecule has 0 fully saturated rings. The SMILES string of the molecule is CNC(CSc1cccc(Cl)c1)c1c(F)ccc(C)c1F. The van der Waals surface area contributed by atoms with Crippen molar-refractivity contribution in [2.24, 2.45) is 0 Å². The minimum atomic E-state index is -0.524. The lowest BCUT2D eigenvalue weighted by molar-refractivity contribution is 0.509. The summed E-state index contributed by atoms with van der Waals surface area (Å²) in [6, 6.07) is 9.75. The molecule has 2 aromatic carbocycles. The average molecular weight is 328 g/mol. The van der Waals surface area contributed by atoms with Gasteiger partial charge in [0, 0.05) is 27.3 Å². The van der Waals surface area contributed by atoms with Crippen LogP contribution in [-0.4, -0.2) is 12.8 Å². The summed E-state index contributed by atoms with van der Waals surface area (Å²) in [7, 11) is 1.70. The third-order valence-corrected chi connectivity index (χ3v) is 4.55. The minimum absolute atomic E-state index is 0.0898. The van der Waals surface area contributed by atoms with Crippen LogP contribution in [-0.2, 0) is 0 Å². The molecule has 1 N–H and O–H groups in total. The molecule has 0 saturated carbocycles. The van der Waals surface area contributed by atoms with Gasteiger partial charge in [0.25, 0.3) is 0 Å². The van der Waals surface area contributed by atoms with Gasteiger partial charge in [0.15, 0.2) is 0 Å². The van der Waals surface area contributed by atoms with Crippen molar-refractivity contribution >= 4 is 23.4 Å². The molecule has 0 aliphatic rings.